The minimum Gasteiger partial charge on any atom is -0.494 e. The molecule has 0 saturated heterocycles. The van der Waals surface area contributed by atoms with E-state index >= 15 is 0 Å². The quantitative estimate of drug-likeness (QED) is 0.780. The number of H-pyrrole nitrogens is 1. The molecule has 8 nitrogen and oxygen atoms in total. The van der Waals surface area contributed by atoms with Crippen LogP contribution in [0.5, 0.6) is 5.88 Å². The summed E-state index contributed by atoms with van der Waals surface area (Å²) in [7, 11) is 0. The van der Waals surface area contributed by atoms with Crippen molar-refractivity contribution in [1.29, 1.82) is 0 Å². The number of carbonyl (C=O) groups is 1. The number of para-hydroxylation sites is 1. The second-order valence-electron chi connectivity index (χ2n) is 7.35. The van der Waals surface area contributed by atoms with Gasteiger partial charge in [-0.1, -0.05) is 37.5 Å². The number of hydrogen-bond acceptors (Lipinski definition) is 5. The Balaban J connectivity index is 1.77. The summed E-state index contributed by atoms with van der Waals surface area (Å²) in [6, 6.07) is 8.78. The van der Waals surface area contributed by atoms with Gasteiger partial charge in [0.15, 0.2) is 0 Å². The molecule has 0 unspecified atom stereocenters. The van der Waals surface area contributed by atoms with Gasteiger partial charge >= 0.3 is 5.69 Å². The van der Waals surface area contributed by atoms with E-state index in [0.717, 1.165) is 32.1 Å². The summed E-state index contributed by atoms with van der Waals surface area (Å²) in [6.07, 6.45) is 5.85. The monoisotopic (exact) mass is 394 g/mol. The number of carbonyl (C=O) groups excluding carboxylic acids is 1. The Kier molecular flexibility index (Phi) is 4.92. The van der Waals surface area contributed by atoms with Crippen LogP contribution >= 0.6 is 0 Å². The van der Waals surface area contributed by atoms with Crippen LogP contribution in [-0.4, -0.2) is 26.3 Å². The fraction of sp³-hybridized carbons (Fsp3) is 0.333. The topological polar surface area (TPSA) is 108 Å². The number of benzene rings is 1. The lowest BCUT2D eigenvalue weighted by Crippen LogP contribution is -2.34. The zero-order valence-electron chi connectivity index (χ0n) is 16.1. The summed E-state index contributed by atoms with van der Waals surface area (Å²) in [5, 5.41) is 16.3. The Bertz CT molecular complexity index is 1120. The lowest BCUT2D eigenvalue weighted by molar-refractivity contribution is -0.114. The summed E-state index contributed by atoms with van der Waals surface area (Å²) >= 11 is 0. The number of hydrazone groups is 1. The molecule has 1 fully saturated rings. The first kappa shape index (κ1) is 18.9. The summed E-state index contributed by atoms with van der Waals surface area (Å²) in [6.45, 7) is 1.66. The maximum absolute atomic E-state index is 12.9. The van der Waals surface area contributed by atoms with Crippen LogP contribution in [0, 0.1) is 0 Å². The van der Waals surface area contributed by atoms with Gasteiger partial charge in [-0.2, -0.15) is 10.1 Å². The highest BCUT2D eigenvalue weighted by atomic mass is 16.3. The van der Waals surface area contributed by atoms with Crippen LogP contribution in [0.3, 0.4) is 0 Å². The Hall–Kier alpha value is -3.42. The van der Waals surface area contributed by atoms with Crippen molar-refractivity contribution in [1.82, 2.24) is 9.55 Å². The second-order valence-corrected chi connectivity index (χ2v) is 7.35. The average Bonchev–Trinajstić information content (AvgIpc) is 3.00. The summed E-state index contributed by atoms with van der Waals surface area (Å²) < 4.78 is 1.24. The molecule has 1 aliphatic heterocycles. The van der Waals surface area contributed by atoms with E-state index in [2.05, 4.69) is 10.1 Å². The highest BCUT2D eigenvalue weighted by Crippen LogP contribution is 2.31. The molecule has 2 N–H and O–H groups in total. The number of aromatic hydroxyl groups is 1. The molecule has 29 heavy (non-hydrogen) atoms. The summed E-state index contributed by atoms with van der Waals surface area (Å²) in [5.41, 5.74) is -0.244. The van der Waals surface area contributed by atoms with Crippen LogP contribution in [0.25, 0.3) is 6.08 Å². The number of amides is 1. The standard InChI is InChI=1S/C21H22N4O4/c1-13-16(20(28)25(23-13)15-10-6-3-7-11-15)12-17-18(26)22-21(29)24(19(17)27)14-8-4-2-5-9-14/h3,6-7,10-12,14,27H,2,4-5,8-9H2,1H3,(H,22,26,29)/b16-12+. The van der Waals surface area contributed by atoms with Gasteiger partial charge in [0.05, 0.1) is 17.0 Å². The van der Waals surface area contributed by atoms with E-state index in [1.165, 1.54) is 15.7 Å². The largest absolute Gasteiger partial charge is 0.494 e. The highest BCUT2D eigenvalue weighted by molar-refractivity contribution is 6.32. The predicted octanol–water partition coefficient (Wildman–Crippen LogP) is 2.55. The molecule has 1 aromatic carbocycles. The zero-order valence-corrected chi connectivity index (χ0v) is 16.1. The van der Waals surface area contributed by atoms with Gasteiger partial charge in [-0.3, -0.25) is 19.1 Å². The Morgan fingerprint density at radius 1 is 1.10 bits per heavy atom. The number of aromatic nitrogens is 2. The van der Waals surface area contributed by atoms with Gasteiger partial charge in [0.1, 0.15) is 5.56 Å². The fourth-order valence-corrected chi connectivity index (χ4v) is 3.93. The minimum absolute atomic E-state index is 0.108. The number of nitrogens with zero attached hydrogens (tertiary/aromatic N) is 3. The Labute approximate surface area is 166 Å². The molecule has 150 valence electrons. The van der Waals surface area contributed by atoms with Crippen LogP contribution in [0.2, 0.25) is 0 Å². The molecular weight excluding hydrogens is 372 g/mol. The second kappa shape index (κ2) is 7.54. The van der Waals surface area contributed by atoms with Gasteiger partial charge in [0.2, 0.25) is 5.88 Å². The van der Waals surface area contributed by atoms with Gasteiger partial charge in [0, 0.05) is 6.04 Å². The molecule has 1 aliphatic carbocycles. The first-order chi connectivity index (χ1) is 14.0. The van der Waals surface area contributed by atoms with Crippen molar-refractivity contribution in [2.24, 2.45) is 5.10 Å². The third kappa shape index (κ3) is 3.41. The molecule has 2 aromatic rings. The molecule has 4 rings (SSSR count). The van der Waals surface area contributed by atoms with Crippen molar-refractivity contribution >= 4 is 23.4 Å². The number of aromatic amines is 1. The van der Waals surface area contributed by atoms with E-state index in [1.54, 1.807) is 31.2 Å². The van der Waals surface area contributed by atoms with Crippen molar-refractivity contribution < 1.29 is 9.90 Å². The molecule has 1 aromatic heterocycles. The van der Waals surface area contributed by atoms with Gasteiger partial charge in [-0.15, -0.1) is 0 Å². The molecule has 0 bridgehead atoms. The third-order valence-corrected chi connectivity index (χ3v) is 5.44. The zero-order chi connectivity index (χ0) is 20.5. The lowest BCUT2D eigenvalue weighted by Gasteiger charge is -2.24. The van der Waals surface area contributed by atoms with Crippen LogP contribution in [0.4, 0.5) is 5.69 Å². The molecule has 0 spiro atoms. The van der Waals surface area contributed by atoms with E-state index in [0.29, 0.717) is 11.4 Å². The van der Waals surface area contributed by atoms with Crippen LogP contribution in [0.1, 0.15) is 50.6 Å². The van der Waals surface area contributed by atoms with Gasteiger partial charge in [0.25, 0.3) is 11.5 Å². The SMILES string of the molecule is CC1=NN(c2ccccc2)C(=O)/C1=C/c1c(O)n(C2CCCCC2)c(=O)[nH]c1=O. The molecule has 2 heterocycles. The van der Waals surface area contributed by atoms with Crippen molar-refractivity contribution in [2.45, 2.75) is 45.1 Å². The first-order valence-electron chi connectivity index (χ1n) is 9.72. The molecule has 2 aliphatic rings. The van der Waals surface area contributed by atoms with Gasteiger partial charge < -0.3 is 5.11 Å². The van der Waals surface area contributed by atoms with Crippen LogP contribution in [-0.2, 0) is 4.79 Å². The molecular formula is C21H22N4O4. The summed E-state index contributed by atoms with van der Waals surface area (Å²) in [5.74, 6) is -0.806. The molecule has 0 atom stereocenters. The molecule has 8 heteroatoms. The van der Waals surface area contributed by atoms with Crippen molar-refractivity contribution in [3.8, 4) is 5.88 Å². The average molecular weight is 394 g/mol. The number of rotatable bonds is 3. The normalized spacial score (nSPS) is 19.1. The molecule has 0 radical (unpaired) electrons. The number of hydrogen-bond donors (Lipinski definition) is 2. The van der Waals surface area contributed by atoms with Gasteiger partial charge in [-0.05, 0) is 38.0 Å². The van der Waals surface area contributed by atoms with Crippen LogP contribution < -0.4 is 16.3 Å². The van der Waals surface area contributed by atoms with E-state index in [-0.39, 0.29) is 17.2 Å². The maximum Gasteiger partial charge on any atom is 0.331 e. The molecule has 1 saturated carbocycles. The Morgan fingerprint density at radius 3 is 2.48 bits per heavy atom. The number of nitrogens with one attached hydrogen (secondary N) is 1. The fourth-order valence-electron chi connectivity index (χ4n) is 3.93. The Morgan fingerprint density at radius 2 is 1.79 bits per heavy atom. The number of anilines is 1. The van der Waals surface area contributed by atoms with E-state index in [1.807, 2.05) is 6.07 Å². The van der Waals surface area contributed by atoms with E-state index in [4.69, 9.17) is 0 Å². The van der Waals surface area contributed by atoms with E-state index < -0.39 is 23.0 Å². The summed E-state index contributed by atoms with van der Waals surface area (Å²) in [4.78, 5) is 39.9. The molecule has 1 amide bonds. The maximum atomic E-state index is 12.9. The van der Waals surface area contributed by atoms with Crippen molar-refractivity contribution in [3.63, 3.8) is 0 Å². The van der Waals surface area contributed by atoms with Crippen molar-refractivity contribution in [3.05, 3.63) is 62.3 Å². The minimum atomic E-state index is -0.731. The van der Waals surface area contributed by atoms with Gasteiger partial charge in [-0.25, -0.2) is 4.79 Å². The lowest BCUT2D eigenvalue weighted by atomic mass is 9.95. The first-order valence-corrected chi connectivity index (χ1v) is 9.72. The smallest absolute Gasteiger partial charge is 0.331 e. The predicted molar refractivity (Wildman–Crippen MR) is 110 cm³/mol. The highest BCUT2D eigenvalue weighted by Gasteiger charge is 2.30. The third-order valence-electron chi connectivity index (χ3n) is 5.44. The van der Waals surface area contributed by atoms with E-state index in [9.17, 15) is 19.5 Å². The van der Waals surface area contributed by atoms with Crippen LogP contribution in [0.15, 0.2) is 50.6 Å². The van der Waals surface area contributed by atoms with Crippen molar-refractivity contribution in [2.75, 3.05) is 5.01 Å².